The van der Waals surface area contributed by atoms with Crippen LogP contribution in [0, 0.1) is 13.8 Å². The van der Waals surface area contributed by atoms with Gasteiger partial charge in [-0.1, -0.05) is 17.2 Å². The highest BCUT2D eigenvalue weighted by atomic mass is 79.9. The molecule has 1 aromatic heterocycles. The zero-order chi connectivity index (χ0) is 11.7. The zero-order valence-corrected chi connectivity index (χ0v) is 10.7. The van der Waals surface area contributed by atoms with Crippen LogP contribution in [0.5, 0.6) is 0 Å². The molecule has 0 spiro atoms. The van der Waals surface area contributed by atoms with E-state index in [2.05, 4.69) is 15.9 Å². The van der Waals surface area contributed by atoms with Crippen LogP contribution in [0.25, 0.3) is 0 Å². The number of ketones is 1. The number of hydrogen-bond donors (Lipinski definition) is 0. The van der Waals surface area contributed by atoms with Gasteiger partial charge in [0.25, 0.3) is 0 Å². The molecule has 0 saturated heterocycles. The maximum absolute atomic E-state index is 12.0. The van der Waals surface area contributed by atoms with E-state index < -0.39 is 0 Å². The molecule has 2 rings (SSSR count). The van der Waals surface area contributed by atoms with Gasteiger partial charge in [0, 0.05) is 5.56 Å². The normalized spacial score (nSPS) is 10.4. The molecule has 0 aliphatic heterocycles. The summed E-state index contributed by atoms with van der Waals surface area (Å²) in [4.78, 5) is 12.0. The fourth-order valence-electron chi connectivity index (χ4n) is 1.68. The lowest BCUT2D eigenvalue weighted by Crippen LogP contribution is -2.00. The fourth-order valence-corrected chi connectivity index (χ4v) is 1.99. The second-order valence-corrected chi connectivity index (χ2v) is 4.59. The molecule has 2 nitrogen and oxygen atoms in total. The quantitative estimate of drug-likeness (QED) is 0.781. The number of carbonyl (C=O) groups is 1. The van der Waals surface area contributed by atoms with Crippen molar-refractivity contribution >= 4 is 21.7 Å². The summed E-state index contributed by atoms with van der Waals surface area (Å²) in [7, 11) is 0. The van der Waals surface area contributed by atoms with Gasteiger partial charge in [0.15, 0.2) is 10.4 Å². The first-order valence-electron chi connectivity index (χ1n) is 4.94. The highest BCUT2D eigenvalue weighted by Gasteiger charge is 2.13. The van der Waals surface area contributed by atoms with E-state index in [-0.39, 0.29) is 5.78 Å². The van der Waals surface area contributed by atoms with Crippen LogP contribution in [0.1, 0.15) is 27.2 Å². The van der Waals surface area contributed by atoms with E-state index in [9.17, 15) is 4.79 Å². The SMILES string of the molecule is Cc1cc(C)cc(C(=O)c2ccc(Br)o2)c1. The lowest BCUT2D eigenvalue weighted by molar-refractivity contribution is 0.101. The van der Waals surface area contributed by atoms with Crippen molar-refractivity contribution in [2.75, 3.05) is 0 Å². The molecular weight excluding hydrogens is 268 g/mol. The number of hydrogen-bond acceptors (Lipinski definition) is 2. The number of halogens is 1. The van der Waals surface area contributed by atoms with Crippen molar-refractivity contribution in [3.8, 4) is 0 Å². The number of aryl methyl sites for hydroxylation is 2. The number of rotatable bonds is 2. The lowest BCUT2D eigenvalue weighted by Gasteiger charge is -2.02. The third kappa shape index (κ3) is 2.25. The summed E-state index contributed by atoms with van der Waals surface area (Å²) in [5.74, 6) is 0.273. The van der Waals surface area contributed by atoms with E-state index in [1.165, 1.54) is 0 Å². The maximum atomic E-state index is 12.0. The lowest BCUT2D eigenvalue weighted by atomic mass is 10.0. The topological polar surface area (TPSA) is 30.2 Å². The van der Waals surface area contributed by atoms with Crippen LogP contribution in [0.2, 0.25) is 0 Å². The van der Waals surface area contributed by atoms with Gasteiger partial charge in [-0.05, 0) is 54.0 Å². The van der Waals surface area contributed by atoms with E-state index >= 15 is 0 Å². The first-order valence-corrected chi connectivity index (χ1v) is 5.74. The van der Waals surface area contributed by atoms with Crippen LogP contribution in [-0.4, -0.2) is 5.78 Å². The van der Waals surface area contributed by atoms with Crippen LogP contribution < -0.4 is 0 Å². The highest BCUT2D eigenvalue weighted by molar-refractivity contribution is 9.10. The van der Waals surface area contributed by atoms with Gasteiger partial charge >= 0.3 is 0 Å². The van der Waals surface area contributed by atoms with Crippen LogP contribution in [0.3, 0.4) is 0 Å². The molecule has 0 radical (unpaired) electrons. The van der Waals surface area contributed by atoms with E-state index in [1.807, 2.05) is 32.0 Å². The molecule has 3 heteroatoms. The standard InChI is InChI=1S/C13H11BrO2/c1-8-5-9(2)7-10(6-8)13(15)11-3-4-12(14)16-11/h3-7H,1-2H3. The molecular formula is C13H11BrO2. The Kier molecular flexibility index (Phi) is 2.97. The van der Waals surface area contributed by atoms with E-state index in [0.717, 1.165) is 11.1 Å². The molecule has 0 amide bonds. The fraction of sp³-hybridized carbons (Fsp3) is 0.154. The summed E-state index contributed by atoms with van der Waals surface area (Å²) >= 11 is 3.18. The summed E-state index contributed by atoms with van der Waals surface area (Å²) in [6.45, 7) is 3.95. The van der Waals surface area contributed by atoms with Crippen LogP contribution in [0.15, 0.2) is 39.4 Å². The molecule has 0 bridgehead atoms. The largest absolute Gasteiger partial charge is 0.446 e. The predicted octanol–water partition coefficient (Wildman–Crippen LogP) is 3.89. The smallest absolute Gasteiger partial charge is 0.228 e. The zero-order valence-electron chi connectivity index (χ0n) is 9.08. The average Bonchev–Trinajstić information content (AvgIpc) is 2.62. The molecule has 1 heterocycles. The van der Waals surface area contributed by atoms with Gasteiger partial charge in [-0.15, -0.1) is 0 Å². The third-order valence-electron chi connectivity index (χ3n) is 2.28. The van der Waals surface area contributed by atoms with Crippen molar-refractivity contribution in [3.05, 3.63) is 57.5 Å². The third-order valence-corrected chi connectivity index (χ3v) is 2.71. The first-order chi connectivity index (χ1) is 7.56. The second-order valence-electron chi connectivity index (χ2n) is 3.81. The Hall–Kier alpha value is -1.35. The second kappa shape index (κ2) is 4.26. The van der Waals surface area contributed by atoms with Gasteiger partial charge in [-0.2, -0.15) is 0 Å². The minimum atomic E-state index is -0.0856. The molecule has 0 aliphatic rings. The molecule has 0 atom stereocenters. The molecule has 82 valence electrons. The molecule has 2 aromatic rings. The van der Waals surface area contributed by atoms with Crippen molar-refractivity contribution in [2.45, 2.75) is 13.8 Å². The summed E-state index contributed by atoms with van der Waals surface area (Å²) in [6.07, 6.45) is 0. The highest BCUT2D eigenvalue weighted by Crippen LogP contribution is 2.19. The summed E-state index contributed by atoms with van der Waals surface area (Å²) in [5, 5.41) is 0. The van der Waals surface area contributed by atoms with Crippen LogP contribution in [0.4, 0.5) is 0 Å². The van der Waals surface area contributed by atoms with Crippen molar-refractivity contribution in [2.24, 2.45) is 0 Å². The molecule has 0 N–H and O–H groups in total. The first kappa shape index (κ1) is 11.1. The minimum Gasteiger partial charge on any atom is -0.446 e. The van der Waals surface area contributed by atoms with Gasteiger partial charge < -0.3 is 4.42 Å². The maximum Gasteiger partial charge on any atom is 0.228 e. The Balaban J connectivity index is 2.41. The van der Waals surface area contributed by atoms with E-state index in [4.69, 9.17) is 4.42 Å². The Morgan fingerprint density at radius 1 is 1.12 bits per heavy atom. The Morgan fingerprint density at radius 3 is 2.25 bits per heavy atom. The summed E-state index contributed by atoms with van der Waals surface area (Å²) in [5.41, 5.74) is 2.82. The monoisotopic (exact) mass is 278 g/mol. The molecule has 0 fully saturated rings. The van der Waals surface area contributed by atoms with Gasteiger partial charge in [0.2, 0.25) is 5.78 Å². The number of benzene rings is 1. The van der Waals surface area contributed by atoms with Crippen molar-refractivity contribution in [1.82, 2.24) is 0 Å². The Bertz CT molecular complexity index is 520. The number of carbonyl (C=O) groups excluding carboxylic acids is 1. The molecule has 16 heavy (non-hydrogen) atoms. The average molecular weight is 279 g/mol. The predicted molar refractivity (Wildman–Crippen MR) is 65.8 cm³/mol. The van der Waals surface area contributed by atoms with Crippen LogP contribution in [-0.2, 0) is 0 Å². The van der Waals surface area contributed by atoms with Crippen molar-refractivity contribution < 1.29 is 9.21 Å². The Labute approximate surface area is 102 Å². The summed E-state index contributed by atoms with van der Waals surface area (Å²) in [6, 6.07) is 9.16. The molecule has 1 aromatic carbocycles. The molecule has 0 saturated carbocycles. The molecule has 0 aliphatic carbocycles. The van der Waals surface area contributed by atoms with Gasteiger partial charge in [-0.25, -0.2) is 0 Å². The summed E-state index contributed by atoms with van der Waals surface area (Å²) < 4.78 is 5.82. The van der Waals surface area contributed by atoms with Gasteiger partial charge in [0.1, 0.15) is 0 Å². The van der Waals surface area contributed by atoms with Crippen molar-refractivity contribution in [1.29, 1.82) is 0 Å². The van der Waals surface area contributed by atoms with Crippen molar-refractivity contribution in [3.63, 3.8) is 0 Å². The Morgan fingerprint density at radius 2 is 1.75 bits per heavy atom. The van der Waals surface area contributed by atoms with E-state index in [1.54, 1.807) is 12.1 Å². The van der Waals surface area contributed by atoms with Crippen LogP contribution >= 0.6 is 15.9 Å². The van der Waals surface area contributed by atoms with Gasteiger partial charge in [-0.3, -0.25) is 4.79 Å². The number of furan rings is 1. The van der Waals surface area contributed by atoms with Gasteiger partial charge in [0.05, 0.1) is 0 Å². The van der Waals surface area contributed by atoms with E-state index in [0.29, 0.717) is 16.0 Å². The minimum absolute atomic E-state index is 0.0856. The molecule has 0 unspecified atom stereocenters.